The van der Waals surface area contributed by atoms with Crippen molar-refractivity contribution in [2.75, 3.05) is 0 Å². The van der Waals surface area contributed by atoms with Gasteiger partial charge in [-0.25, -0.2) is 0 Å². The summed E-state index contributed by atoms with van der Waals surface area (Å²) in [4.78, 5) is -0.258. The Morgan fingerprint density at radius 2 is 1.40 bits per heavy atom. The van der Waals surface area contributed by atoms with Crippen LogP contribution in [0.2, 0.25) is 0 Å². The molecule has 15 heavy (non-hydrogen) atoms. The summed E-state index contributed by atoms with van der Waals surface area (Å²) in [6.07, 6.45) is 0. The molecule has 0 fully saturated rings. The molecule has 0 aliphatic heterocycles. The first-order valence-electron chi connectivity index (χ1n) is 3.74. The second kappa shape index (κ2) is 4.00. The molecule has 0 atom stereocenters. The van der Waals surface area contributed by atoms with Crippen LogP contribution in [0.15, 0.2) is 29.2 Å². The number of halogens is 6. The maximum atomic E-state index is 12.1. The van der Waals surface area contributed by atoms with Gasteiger partial charge in [0.05, 0.1) is 0 Å². The van der Waals surface area contributed by atoms with E-state index in [9.17, 15) is 26.1 Å². The van der Waals surface area contributed by atoms with E-state index in [1.165, 1.54) is 0 Å². The first kappa shape index (κ1) is 12.3. The van der Waals surface area contributed by atoms with Crippen molar-refractivity contribution in [3.8, 4) is 0 Å². The fourth-order valence-corrected chi connectivity index (χ4v) is 1.43. The molecule has 0 N–H and O–H groups in total. The Morgan fingerprint density at radius 3 is 1.73 bits per heavy atom. The lowest BCUT2D eigenvalue weighted by molar-refractivity contribution is -0.0328. The monoisotopic (exact) mass is 245 g/mol. The van der Waals surface area contributed by atoms with Gasteiger partial charge < -0.3 is 12.9 Å². The van der Waals surface area contributed by atoms with Crippen LogP contribution in [0.5, 0.6) is 0 Å². The fraction of sp³-hybridized carbons (Fsp3) is 0.143. The van der Waals surface area contributed by atoms with Crippen LogP contribution in [0, 0.1) is 0 Å². The quantitative estimate of drug-likeness (QED) is 0.437. The summed E-state index contributed by atoms with van der Waals surface area (Å²) >= 11 is -0.440. The molecule has 0 heterocycles. The predicted molar refractivity (Wildman–Crippen MR) is 47.1 cm³/mol. The molecule has 0 saturated heterocycles. The van der Waals surface area contributed by atoms with E-state index in [2.05, 4.69) is 0 Å². The summed E-state index contributed by atoms with van der Waals surface area (Å²) in [6.45, 7) is -5.15. The Kier molecular flexibility index (Phi) is 3.27. The smallest absolute Gasteiger partial charge is 0.445 e. The third-order valence-electron chi connectivity index (χ3n) is 1.49. The van der Waals surface area contributed by atoms with Crippen LogP contribution in [-0.4, -0.2) is 12.5 Å². The van der Waals surface area contributed by atoms with Crippen LogP contribution in [0.3, 0.4) is 0 Å². The van der Waals surface area contributed by atoms with Crippen LogP contribution >= 0.6 is 11.8 Å². The normalized spacial score (nSPS) is 12.9. The Morgan fingerprint density at radius 1 is 0.933 bits per heavy atom. The molecule has 1 rings (SSSR count). The van der Waals surface area contributed by atoms with Crippen molar-refractivity contribution in [2.45, 2.75) is 10.4 Å². The van der Waals surface area contributed by atoms with Crippen LogP contribution in [-0.2, 0) is 0 Å². The van der Waals surface area contributed by atoms with Crippen LogP contribution in [0.4, 0.5) is 26.1 Å². The van der Waals surface area contributed by atoms with Gasteiger partial charge in [-0.05, 0) is 11.8 Å². The van der Waals surface area contributed by atoms with E-state index < -0.39 is 29.7 Å². The fourth-order valence-electron chi connectivity index (χ4n) is 0.888. The van der Waals surface area contributed by atoms with E-state index >= 15 is 0 Å². The molecule has 1 aromatic carbocycles. The molecule has 1 aromatic rings. The molecular formula is C7H4BF6S-. The summed E-state index contributed by atoms with van der Waals surface area (Å²) in [6, 6.07) is 2.91. The lowest BCUT2D eigenvalue weighted by Gasteiger charge is -2.14. The highest BCUT2D eigenvalue weighted by atomic mass is 32.2. The first-order valence-corrected chi connectivity index (χ1v) is 4.56. The molecule has 0 amide bonds. The van der Waals surface area contributed by atoms with Gasteiger partial charge in [-0.15, -0.1) is 5.46 Å². The molecule has 0 saturated carbocycles. The van der Waals surface area contributed by atoms with E-state index in [-0.39, 0.29) is 4.90 Å². The number of hydrogen-bond acceptors (Lipinski definition) is 1. The van der Waals surface area contributed by atoms with E-state index in [1.807, 2.05) is 0 Å². The molecule has 0 nitrogen and oxygen atoms in total. The maximum Gasteiger partial charge on any atom is 0.509 e. The summed E-state index contributed by atoms with van der Waals surface area (Å²) in [5.74, 6) is 0. The van der Waals surface area contributed by atoms with Crippen molar-refractivity contribution in [2.24, 2.45) is 0 Å². The zero-order valence-electron chi connectivity index (χ0n) is 7.06. The molecule has 8 heteroatoms. The number of thioether (sulfide) groups is 1. The summed E-state index contributed by atoms with van der Waals surface area (Å²) < 4.78 is 71.7. The second-order valence-corrected chi connectivity index (χ2v) is 3.83. The van der Waals surface area contributed by atoms with Gasteiger partial charge in [-0.2, -0.15) is 13.2 Å². The minimum Gasteiger partial charge on any atom is -0.445 e. The maximum absolute atomic E-state index is 12.1. The molecule has 84 valence electrons. The number of hydrogen-bond donors (Lipinski definition) is 0. The molecule has 0 unspecified atom stereocenters. The Labute approximate surface area is 85.7 Å². The molecule has 0 aliphatic carbocycles. The zero-order chi connectivity index (χ0) is 11.7. The number of alkyl halides is 3. The largest absolute Gasteiger partial charge is 0.509 e. The Hall–Kier alpha value is -0.785. The van der Waals surface area contributed by atoms with Crippen molar-refractivity contribution < 1.29 is 26.1 Å². The minimum atomic E-state index is -5.15. The van der Waals surface area contributed by atoms with Crippen molar-refractivity contribution in [1.82, 2.24) is 0 Å². The van der Waals surface area contributed by atoms with Crippen LogP contribution < -0.4 is 5.46 Å². The van der Waals surface area contributed by atoms with E-state index in [0.717, 1.165) is 12.1 Å². The average Bonchev–Trinajstić information content (AvgIpc) is 2.00. The molecule has 0 aliphatic rings. The molecule has 0 radical (unpaired) electrons. The predicted octanol–water partition coefficient (Wildman–Crippen LogP) is 3.35. The molecular weight excluding hydrogens is 241 g/mol. The molecule has 0 spiro atoms. The second-order valence-electron chi connectivity index (χ2n) is 2.69. The van der Waals surface area contributed by atoms with Crippen molar-refractivity contribution in [3.05, 3.63) is 24.3 Å². The summed E-state index contributed by atoms with van der Waals surface area (Å²) in [7, 11) is 0. The van der Waals surface area contributed by atoms with Crippen LogP contribution in [0.25, 0.3) is 0 Å². The van der Waals surface area contributed by atoms with E-state index in [4.69, 9.17) is 0 Å². The van der Waals surface area contributed by atoms with Gasteiger partial charge in [-0.1, -0.05) is 24.3 Å². The average molecular weight is 245 g/mol. The number of benzene rings is 1. The highest BCUT2D eigenvalue weighted by molar-refractivity contribution is 8.00. The lowest BCUT2D eigenvalue weighted by atomic mass is 9.80. The highest BCUT2D eigenvalue weighted by Gasteiger charge is 2.30. The first-order chi connectivity index (χ1) is 6.68. The van der Waals surface area contributed by atoms with Gasteiger partial charge in [0.25, 0.3) is 0 Å². The molecule has 0 aromatic heterocycles. The Bertz CT molecular complexity index is 327. The molecule has 0 bridgehead atoms. The van der Waals surface area contributed by atoms with E-state index in [0.29, 0.717) is 12.1 Å². The lowest BCUT2D eigenvalue weighted by Crippen LogP contribution is -2.33. The van der Waals surface area contributed by atoms with Gasteiger partial charge in [0.15, 0.2) is 0 Å². The van der Waals surface area contributed by atoms with Crippen molar-refractivity contribution >= 4 is 24.2 Å². The number of rotatable bonds is 2. The topological polar surface area (TPSA) is 0 Å². The van der Waals surface area contributed by atoms with Crippen molar-refractivity contribution in [3.63, 3.8) is 0 Å². The zero-order valence-corrected chi connectivity index (χ0v) is 7.88. The Balaban J connectivity index is 2.82. The van der Waals surface area contributed by atoms with Gasteiger partial charge >= 0.3 is 12.5 Å². The third kappa shape index (κ3) is 4.07. The van der Waals surface area contributed by atoms with Gasteiger partial charge in [0.2, 0.25) is 0 Å². The minimum absolute atomic E-state index is 0.258. The summed E-state index contributed by atoms with van der Waals surface area (Å²) in [5.41, 5.74) is -5.38. The van der Waals surface area contributed by atoms with Gasteiger partial charge in [0, 0.05) is 4.90 Å². The third-order valence-corrected chi connectivity index (χ3v) is 2.23. The standard InChI is InChI=1S/C7H4BF6S/c9-7(10,11)15-6-3-1-5(2-4-6)8(12,13)14/h1-4H/q-1. The van der Waals surface area contributed by atoms with Gasteiger partial charge in [-0.3, -0.25) is 0 Å². The van der Waals surface area contributed by atoms with Gasteiger partial charge in [0.1, 0.15) is 0 Å². The highest BCUT2D eigenvalue weighted by Crippen LogP contribution is 2.36. The van der Waals surface area contributed by atoms with Crippen molar-refractivity contribution in [1.29, 1.82) is 0 Å². The summed E-state index contributed by atoms with van der Waals surface area (Å²) in [5, 5.41) is 0. The van der Waals surface area contributed by atoms with Crippen LogP contribution in [0.1, 0.15) is 0 Å². The van der Waals surface area contributed by atoms with E-state index in [1.54, 1.807) is 0 Å². The SMILES string of the molecule is F[B-](F)(F)c1ccc(SC(F)(F)F)cc1.